The van der Waals surface area contributed by atoms with Crippen molar-refractivity contribution in [1.82, 2.24) is 0 Å². The second kappa shape index (κ2) is 9.56. The molecule has 3 unspecified atom stereocenters. The third-order valence-corrected chi connectivity index (χ3v) is 11.7. The first-order valence-electron chi connectivity index (χ1n) is 11.8. The zero-order valence-corrected chi connectivity index (χ0v) is 19.2. The third kappa shape index (κ3) is 4.36. The predicted octanol–water partition coefficient (Wildman–Crippen LogP) is 8.72. The molecule has 4 rings (SSSR count). The summed E-state index contributed by atoms with van der Waals surface area (Å²) in [6, 6.07) is 21.4. The Balaban J connectivity index is 1.71. The van der Waals surface area contributed by atoms with E-state index in [1.807, 2.05) is 0 Å². The fraction of sp³-hybridized carbons (Fsp3) is 0.500. The van der Waals surface area contributed by atoms with Crippen LogP contribution in [-0.2, 0) is 0 Å². The first kappa shape index (κ1) is 20.8. The topological polar surface area (TPSA) is 0 Å². The molecule has 0 radical (unpaired) electrons. The quantitative estimate of drug-likeness (QED) is 0.421. The van der Waals surface area contributed by atoms with Crippen molar-refractivity contribution in [3.63, 3.8) is 0 Å². The molecule has 3 atom stereocenters. The van der Waals surface area contributed by atoms with Crippen LogP contribution in [0.1, 0.15) is 76.2 Å². The summed E-state index contributed by atoms with van der Waals surface area (Å²) < 4.78 is 0. The first-order valence-corrected chi connectivity index (χ1v) is 13.9. The van der Waals surface area contributed by atoms with Gasteiger partial charge in [0.25, 0.3) is 0 Å². The SMILES string of the molecule is CCCC1CC=CCC1S(C)(c1ccccc1)c1ccc(C2CCCCC2)cc1. The highest BCUT2D eigenvalue weighted by atomic mass is 32.3. The van der Waals surface area contributed by atoms with Gasteiger partial charge in [-0.25, -0.2) is 0 Å². The molecular formula is C28H38S. The van der Waals surface area contributed by atoms with Gasteiger partial charge in [0.15, 0.2) is 0 Å². The summed E-state index contributed by atoms with van der Waals surface area (Å²) in [6.45, 7) is 2.35. The number of benzene rings is 2. The van der Waals surface area contributed by atoms with Gasteiger partial charge in [-0.15, -0.1) is 0 Å². The lowest BCUT2D eigenvalue weighted by atomic mass is 9.84. The maximum absolute atomic E-state index is 2.60. The monoisotopic (exact) mass is 406 g/mol. The van der Waals surface area contributed by atoms with E-state index in [0.717, 1.165) is 17.1 Å². The molecule has 156 valence electrons. The van der Waals surface area contributed by atoms with E-state index in [0.29, 0.717) is 0 Å². The van der Waals surface area contributed by atoms with E-state index in [1.165, 1.54) is 57.8 Å². The summed E-state index contributed by atoms with van der Waals surface area (Å²) in [6.07, 6.45) is 19.6. The number of allylic oxidation sites excluding steroid dienone is 2. The zero-order chi connectivity index (χ0) is 20.1. The molecule has 2 aromatic carbocycles. The summed E-state index contributed by atoms with van der Waals surface area (Å²) in [5.41, 5.74) is 1.58. The van der Waals surface area contributed by atoms with Gasteiger partial charge >= 0.3 is 0 Å². The van der Waals surface area contributed by atoms with Crippen molar-refractivity contribution in [2.75, 3.05) is 6.26 Å². The molecule has 0 N–H and O–H groups in total. The van der Waals surface area contributed by atoms with Crippen molar-refractivity contribution in [3.8, 4) is 0 Å². The van der Waals surface area contributed by atoms with Gasteiger partial charge in [0.05, 0.1) is 0 Å². The van der Waals surface area contributed by atoms with E-state index in [2.05, 4.69) is 79.9 Å². The lowest BCUT2D eigenvalue weighted by Crippen LogP contribution is -2.29. The van der Waals surface area contributed by atoms with Gasteiger partial charge < -0.3 is 0 Å². The molecule has 2 aliphatic carbocycles. The molecule has 0 aliphatic heterocycles. The smallest absolute Gasteiger partial charge is 0.00297 e. The van der Waals surface area contributed by atoms with E-state index >= 15 is 0 Å². The van der Waals surface area contributed by atoms with E-state index in [-0.39, 0.29) is 0 Å². The van der Waals surface area contributed by atoms with Crippen LogP contribution in [0.25, 0.3) is 0 Å². The molecule has 1 heteroatoms. The van der Waals surface area contributed by atoms with Crippen LogP contribution in [0.3, 0.4) is 0 Å². The van der Waals surface area contributed by atoms with E-state index in [1.54, 1.807) is 15.4 Å². The van der Waals surface area contributed by atoms with Gasteiger partial charge in [-0.1, -0.05) is 75.1 Å². The number of rotatable bonds is 6. The van der Waals surface area contributed by atoms with Gasteiger partial charge in [0, 0.05) is 5.25 Å². The summed E-state index contributed by atoms with van der Waals surface area (Å²) in [4.78, 5) is 3.15. The lowest BCUT2D eigenvalue weighted by molar-refractivity contribution is 0.443. The molecule has 1 fully saturated rings. The van der Waals surface area contributed by atoms with E-state index in [4.69, 9.17) is 0 Å². The van der Waals surface area contributed by atoms with Gasteiger partial charge in [0.1, 0.15) is 0 Å². The van der Waals surface area contributed by atoms with E-state index < -0.39 is 10.0 Å². The van der Waals surface area contributed by atoms with Crippen molar-refractivity contribution < 1.29 is 0 Å². The Labute approximate surface area is 180 Å². The van der Waals surface area contributed by atoms with Crippen LogP contribution >= 0.6 is 10.0 Å². The Morgan fingerprint density at radius 1 is 0.793 bits per heavy atom. The predicted molar refractivity (Wildman–Crippen MR) is 129 cm³/mol. The summed E-state index contributed by atoms with van der Waals surface area (Å²) in [5, 5.41) is 0.746. The fourth-order valence-corrected chi connectivity index (χ4v) is 9.65. The molecule has 29 heavy (non-hydrogen) atoms. The highest BCUT2D eigenvalue weighted by Gasteiger charge is 2.37. The van der Waals surface area contributed by atoms with Crippen LogP contribution in [0.5, 0.6) is 0 Å². The molecule has 2 aliphatic rings. The van der Waals surface area contributed by atoms with Crippen LogP contribution in [0.4, 0.5) is 0 Å². The van der Waals surface area contributed by atoms with Crippen LogP contribution in [0.2, 0.25) is 0 Å². The molecule has 0 spiro atoms. The van der Waals surface area contributed by atoms with Crippen molar-refractivity contribution in [3.05, 3.63) is 72.3 Å². The number of hydrogen-bond donors (Lipinski definition) is 0. The Bertz CT molecular complexity index is 785. The third-order valence-electron chi connectivity index (χ3n) is 7.44. The molecule has 0 nitrogen and oxygen atoms in total. The molecule has 0 saturated heterocycles. The van der Waals surface area contributed by atoms with Crippen molar-refractivity contribution in [1.29, 1.82) is 0 Å². The largest absolute Gasteiger partial charge is 0.187 e. The van der Waals surface area contributed by atoms with Crippen LogP contribution in [0.15, 0.2) is 76.5 Å². The first-order chi connectivity index (χ1) is 14.2. The minimum absolute atomic E-state index is 0.746. The normalized spacial score (nSPS) is 26.0. The molecule has 0 bridgehead atoms. The molecule has 1 saturated carbocycles. The molecule has 0 aromatic heterocycles. The van der Waals surface area contributed by atoms with Gasteiger partial charge in [-0.05, 0) is 89.8 Å². The Morgan fingerprint density at radius 2 is 1.45 bits per heavy atom. The maximum atomic E-state index is 2.60. The minimum atomic E-state index is -1.07. The second-order valence-corrected chi connectivity index (χ2v) is 12.7. The van der Waals surface area contributed by atoms with Crippen LogP contribution in [-0.4, -0.2) is 11.5 Å². The van der Waals surface area contributed by atoms with E-state index in [9.17, 15) is 0 Å². The Hall–Kier alpha value is -1.47. The highest BCUT2D eigenvalue weighted by molar-refractivity contribution is 8.33. The molecule has 0 heterocycles. The summed E-state index contributed by atoms with van der Waals surface area (Å²) in [5.74, 6) is 1.60. The number of hydrogen-bond acceptors (Lipinski definition) is 0. The zero-order valence-electron chi connectivity index (χ0n) is 18.4. The molecular weight excluding hydrogens is 368 g/mol. The fourth-order valence-electron chi connectivity index (χ4n) is 5.74. The Morgan fingerprint density at radius 3 is 2.14 bits per heavy atom. The van der Waals surface area contributed by atoms with Gasteiger partial charge in [0.2, 0.25) is 0 Å². The second-order valence-electron chi connectivity index (χ2n) is 9.23. The lowest BCUT2D eigenvalue weighted by Gasteiger charge is -2.48. The maximum Gasteiger partial charge on any atom is 0.00297 e. The van der Waals surface area contributed by atoms with Gasteiger partial charge in [-0.2, -0.15) is 10.0 Å². The Kier molecular flexibility index (Phi) is 6.85. The van der Waals surface area contributed by atoms with Crippen LogP contribution < -0.4 is 0 Å². The van der Waals surface area contributed by atoms with Crippen molar-refractivity contribution in [2.45, 2.75) is 85.7 Å². The van der Waals surface area contributed by atoms with Crippen LogP contribution in [0, 0.1) is 5.92 Å². The average molecular weight is 407 g/mol. The standard InChI is InChI=1S/C28H38S/c1-3-12-25-15-10-11-18-28(25)29(2,26-16-8-5-9-17-26)27-21-19-24(20-22-27)23-13-6-4-7-14-23/h5,8-11,16-17,19-23,25,28H,3-4,6-7,12-15,18H2,1-2H3. The molecule has 2 aromatic rings. The van der Waals surface area contributed by atoms with Crippen molar-refractivity contribution in [2.24, 2.45) is 5.92 Å². The van der Waals surface area contributed by atoms with Crippen molar-refractivity contribution >= 4 is 10.0 Å². The highest BCUT2D eigenvalue weighted by Crippen LogP contribution is 2.67. The average Bonchev–Trinajstić information content (AvgIpc) is 2.80. The summed E-state index contributed by atoms with van der Waals surface area (Å²) >= 11 is 0. The van der Waals surface area contributed by atoms with Gasteiger partial charge in [-0.3, -0.25) is 0 Å². The summed E-state index contributed by atoms with van der Waals surface area (Å²) in [7, 11) is -1.07. The minimum Gasteiger partial charge on any atom is -0.187 e. The molecule has 0 amide bonds.